The molecule has 6 heteroatoms. The van der Waals surface area contributed by atoms with E-state index in [1.807, 2.05) is 36.9 Å². The van der Waals surface area contributed by atoms with Crippen LogP contribution < -0.4 is 15.2 Å². The topological polar surface area (TPSA) is 62.3 Å². The lowest BCUT2D eigenvalue weighted by Gasteiger charge is -2.12. The van der Waals surface area contributed by atoms with Crippen LogP contribution in [0.4, 0.5) is 0 Å². The van der Waals surface area contributed by atoms with Crippen molar-refractivity contribution in [1.29, 1.82) is 0 Å². The predicted octanol–water partition coefficient (Wildman–Crippen LogP) is 2.58. The van der Waals surface area contributed by atoms with Crippen LogP contribution in [0, 0.1) is 6.92 Å². The van der Waals surface area contributed by atoms with E-state index in [4.69, 9.17) is 15.2 Å². The number of hydrogen-bond acceptors (Lipinski definition) is 4. The maximum atomic E-state index is 5.88. The third kappa shape index (κ3) is 3.57. The largest absolute Gasteiger partial charge is 0.493 e. The van der Waals surface area contributed by atoms with Crippen molar-refractivity contribution in [2.75, 3.05) is 13.7 Å². The zero-order valence-corrected chi connectivity index (χ0v) is 14.1. The molecule has 2 rings (SSSR count). The van der Waals surface area contributed by atoms with E-state index in [1.165, 1.54) is 0 Å². The van der Waals surface area contributed by atoms with Gasteiger partial charge >= 0.3 is 0 Å². The standard InChI is InChI=1S/C15H20BrN3O2/c1-10-15(16)12(19(2)18-10)9-21-13-5-4-11(6-7-17)8-14(13)20-3/h4-5,8H,6-7,9,17H2,1-3H3. The second-order valence-electron chi connectivity index (χ2n) is 4.78. The molecule has 5 nitrogen and oxygen atoms in total. The molecule has 0 radical (unpaired) electrons. The van der Waals surface area contributed by atoms with E-state index >= 15 is 0 Å². The molecule has 1 aromatic carbocycles. The van der Waals surface area contributed by atoms with Gasteiger partial charge in [0.2, 0.25) is 0 Å². The van der Waals surface area contributed by atoms with Crippen molar-refractivity contribution in [3.8, 4) is 11.5 Å². The maximum absolute atomic E-state index is 5.88. The highest BCUT2D eigenvalue weighted by molar-refractivity contribution is 9.10. The number of aromatic nitrogens is 2. The zero-order valence-electron chi connectivity index (χ0n) is 12.5. The smallest absolute Gasteiger partial charge is 0.161 e. The predicted molar refractivity (Wildman–Crippen MR) is 85.7 cm³/mol. The fourth-order valence-electron chi connectivity index (χ4n) is 2.14. The van der Waals surface area contributed by atoms with Gasteiger partial charge in [-0.2, -0.15) is 5.10 Å². The Morgan fingerprint density at radius 2 is 2.10 bits per heavy atom. The molecule has 1 aromatic heterocycles. The molecule has 0 fully saturated rings. The summed E-state index contributed by atoms with van der Waals surface area (Å²) >= 11 is 3.53. The summed E-state index contributed by atoms with van der Waals surface area (Å²) in [6.07, 6.45) is 0.823. The fraction of sp³-hybridized carbons (Fsp3) is 0.400. The first-order chi connectivity index (χ1) is 10.1. The van der Waals surface area contributed by atoms with Crippen molar-refractivity contribution in [3.63, 3.8) is 0 Å². The molecule has 0 aliphatic carbocycles. The van der Waals surface area contributed by atoms with E-state index in [1.54, 1.807) is 7.11 Å². The van der Waals surface area contributed by atoms with Gasteiger partial charge in [0.1, 0.15) is 6.61 Å². The van der Waals surface area contributed by atoms with E-state index in [-0.39, 0.29) is 0 Å². The third-order valence-corrected chi connectivity index (χ3v) is 4.32. The quantitative estimate of drug-likeness (QED) is 0.866. The maximum Gasteiger partial charge on any atom is 0.161 e. The molecular formula is C15H20BrN3O2. The van der Waals surface area contributed by atoms with Gasteiger partial charge in [-0.15, -0.1) is 0 Å². The third-order valence-electron chi connectivity index (χ3n) is 3.29. The van der Waals surface area contributed by atoms with Gasteiger partial charge in [-0.05, 0) is 53.5 Å². The molecule has 21 heavy (non-hydrogen) atoms. The van der Waals surface area contributed by atoms with E-state index < -0.39 is 0 Å². The van der Waals surface area contributed by atoms with Crippen molar-refractivity contribution in [1.82, 2.24) is 9.78 Å². The summed E-state index contributed by atoms with van der Waals surface area (Å²) in [6.45, 7) is 2.99. The molecule has 0 atom stereocenters. The van der Waals surface area contributed by atoms with Crippen molar-refractivity contribution in [3.05, 3.63) is 39.6 Å². The number of nitrogens with zero attached hydrogens (tertiary/aromatic N) is 2. The molecule has 0 bridgehead atoms. The van der Waals surface area contributed by atoms with Gasteiger partial charge in [-0.3, -0.25) is 4.68 Å². The SMILES string of the molecule is COc1cc(CCN)ccc1OCc1c(Br)c(C)nn1C. The highest BCUT2D eigenvalue weighted by Gasteiger charge is 2.13. The minimum absolute atomic E-state index is 0.421. The Bertz CT molecular complexity index is 626. The lowest BCUT2D eigenvalue weighted by atomic mass is 10.1. The van der Waals surface area contributed by atoms with Gasteiger partial charge in [-0.25, -0.2) is 0 Å². The first-order valence-corrected chi connectivity index (χ1v) is 7.53. The lowest BCUT2D eigenvalue weighted by molar-refractivity contribution is 0.275. The Hall–Kier alpha value is -1.53. The van der Waals surface area contributed by atoms with Crippen LogP contribution in [-0.2, 0) is 20.1 Å². The van der Waals surface area contributed by atoms with Crippen LogP contribution in [0.25, 0.3) is 0 Å². The van der Waals surface area contributed by atoms with E-state index in [0.29, 0.717) is 18.9 Å². The second-order valence-corrected chi connectivity index (χ2v) is 5.58. The Morgan fingerprint density at radius 3 is 2.67 bits per heavy atom. The van der Waals surface area contributed by atoms with Crippen molar-refractivity contribution in [2.24, 2.45) is 12.8 Å². The van der Waals surface area contributed by atoms with Gasteiger partial charge < -0.3 is 15.2 Å². The average molecular weight is 354 g/mol. The Kier molecular flexibility index (Phi) is 5.25. The van der Waals surface area contributed by atoms with Crippen LogP contribution in [0.1, 0.15) is 17.0 Å². The van der Waals surface area contributed by atoms with Crippen LogP contribution in [0.15, 0.2) is 22.7 Å². The molecule has 2 N–H and O–H groups in total. The summed E-state index contributed by atoms with van der Waals surface area (Å²) in [6, 6.07) is 5.89. The molecular weight excluding hydrogens is 334 g/mol. The summed E-state index contributed by atoms with van der Waals surface area (Å²) < 4.78 is 14.1. The monoisotopic (exact) mass is 353 g/mol. The molecule has 0 aliphatic rings. The molecule has 0 saturated heterocycles. The van der Waals surface area contributed by atoms with Crippen LogP contribution in [0.2, 0.25) is 0 Å². The fourth-order valence-corrected chi connectivity index (χ4v) is 2.59. The number of halogens is 1. The van der Waals surface area contributed by atoms with Gasteiger partial charge in [0.05, 0.1) is 23.0 Å². The first-order valence-electron chi connectivity index (χ1n) is 6.74. The highest BCUT2D eigenvalue weighted by atomic mass is 79.9. The Labute approximate surface area is 133 Å². The van der Waals surface area contributed by atoms with Gasteiger partial charge in [0.25, 0.3) is 0 Å². The summed E-state index contributed by atoms with van der Waals surface area (Å²) in [4.78, 5) is 0. The minimum atomic E-state index is 0.421. The highest BCUT2D eigenvalue weighted by Crippen LogP contribution is 2.30. The van der Waals surface area contributed by atoms with Crippen molar-refractivity contribution >= 4 is 15.9 Å². The molecule has 114 valence electrons. The average Bonchev–Trinajstić information content (AvgIpc) is 2.71. The summed E-state index contributed by atoms with van der Waals surface area (Å²) in [5.74, 6) is 1.43. The minimum Gasteiger partial charge on any atom is -0.493 e. The molecule has 0 spiro atoms. The number of nitrogens with two attached hydrogens (primary N) is 1. The number of ether oxygens (including phenoxy) is 2. The summed E-state index contributed by atoms with van der Waals surface area (Å²) in [5, 5.41) is 4.35. The normalized spacial score (nSPS) is 10.7. The number of rotatable bonds is 6. The van der Waals surface area contributed by atoms with E-state index in [9.17, 15) is 0 Å². The second kappa shape index (κ2) is 6.95. The van der Waals surface area contributed by atoms with Crippen molar-refractivity contribution < 1.29 is 9.47 Å². The number of benzene rings is 1. The van der Waals surface area contributed by atoms with Crippen LogP contribution >= 0.6 is 15.9 Å². The zero-order chi connectivity index (χ0) is 15.4. The first kappa shape index (κ1) is 15.9. The van der Waals surface area contributed by atoms with Crippen LogP contribution in [0.3, 0.4) is 0 Å². The van der Waals surface area contributed by atoms with E-state index in [2.05, 4.69) is 21.0 Å². The lowest BCUT2D eigenvalue weighted by Crippen LogP contribution is -2.05. The van der Waals surface area contributed by atoms with Gasteiger partial charge in [0.15, 0.2) is 11.5 Å². The number of aryl methyl sites for hydroxylation is 2. The molecule has 0 unspecified atom stereocenters. The Morgan fingerprint density at radius 1 is 1.33 bits per heavy atom. The van der Waals surface area contributed by atoms with Gasteiger partial charge in [-0.1, -0.05) is 6.07 Å². The van der Waals surface area contributed by atoms with Crippen LogP contribution in [-0.4, -0.2) is 23.4 Å². The Balaban J connectivity index is 2.16. The van der Waals surface area contributed by atoms with Crippen LogP contribution in [0.5, 0.6) is 11.5 Å². The molecule has 2 aromatic rings. The molecule has 0 saturated carbocycles. The molecule has 0 aliphatic heterocycles. The molecule has 1 heterocycles. The number of methoxy groups -OCH3 is 1. The summed E-state index contributed by atoms with van der Waals surface area (Å²) in [5.41, 5.74) is 8.64. The van der Waals surface area contributed by atoms with E-state index in [0.717, 1.165) is 33.6 Å². The van der Waals surface area contributed by atoms with Gasteiger partial charge in [0, 0.05) is 7.05 Å². The molecule has 0 amide bonds. The summed E-state index contributed by atoms with van der Waals surface area (Å²) in [7, 11) is 3.54. The van der Waals surface area contributed by atoms with Crippen molar-refractivity contribution in [2.45, 2.75) is 20.0 Å². The number of hydrogen-bond donors (Lipinski definition) is 1.